The third kappa shape index (κ3) is 2.75. The zero-order valence-electron chi connectivity index (χ0n) is 16.2. The lowest BCUT2D eigenvalue weighted by Gasteiger charge is -2.44. The Bertz CT molecular complexity index is 864. The van der Waals surface area contributed by atoms with Gasteiger partial charge in [-0.15, -0.1) is 0 Å². The minimum absolute atomic E-state index is 0.0117. The first-order chi connectivity index (χ1) is 13.0. The molecule has 0 amide bonds. The van der Waals surface area contributed by atoms with E-state index < -0.39 is 5.79 Å². The van der Waals surface area contributed by atoms with Crippen LogP contribution < -0.4 is 23.7 Å². The highest BCUT2D eigenvalue weighted by Crippen LogP contribution is 2.53. The van der Waals surface area contributed by atoms with Crippen molar-refractivity contribution in [2.45, 2.75) is 25.6 Å². The van der Waals surface area contributed by atoms with Gasteiger partial charge in [-0.25, -0.2) is 0 Å². The van der Waals surface area contributed by atoms with Gasteiger partial charge in [0.15, 0.2) is 11.5 Å². The maximum absolute atomic E-state index is 6.25. The number of rotatable bonds is 4. The molecule has 0 spiro atoms. The van der Waals surface area contributed by atoms with Crippen molar-refractivity contribution in [3.05, 3.63) is 41.5 Å². The van der Waals surface area contributed by atoms with Gasteiger partial charge in [0.25, 0.3) is 0 Å². The summed E-state index contributed by atoms with van der Waals surface area (Å²) in [7, 11) is 4.97. The summed E-state index contributed by atoms with van der Waals surface area (Å²) in [5.41, 5.74) is 2.06. The molecule has 6 heteroatoms. The van der Waals surface area contributed by atoms with Crippen LogP contribution in [-0.4, -0.2) is 33.9 Å². The summed E-state index contributed by atoms with van der Waals surface area (Å²) >= 11 is 0. The number of hydrogen-bond donors (Lipinski definition) is 0. The van der Waals surface area contributed by atoms with E-state index in [4.69, 9.17) is 28.4 Å². The number of methoxy groups -OCH3 is 3. The van der Waals surface area contributed by atoms with Crippen molar-refractivity contribution in [2.24, 2.45) is 5.92 Å². The summed E-state index contributed by atoms with van der Waals surface area (Å²) in [4.78, 5) is 0. The van der Waals surface area contributed by atoms with Gasteiger partial charge in [0.2, 0.25) is 12.6 Å². The quantitative estimate of drug-likeness (QED) is 0.810. The van der Waals surface area contributed by atoms with Gasteiger partial charge in [0, 0.05) is 49.1 Å². The predicted molar refractivity (Wildman–Crippen MR) is 99.2 cm³/mol. The molecule has 0 aliphatic carbocycles. The van der Waals surface area contributed by atoms with Crippen LogP contribution in [0, 0.1) is 5.92 Å². The van der Waals surface area contributed by atoms with Crippen molar-refractivity contribution in [3.8, 4) is 28.7 Å². The van der Waals surface area contributed by atoms with Crippen LogP contribution in [0.1, 0.15) is 30.9 Å². The van der Waals surface area contributed by atoms with E-state index in [1.165, 1.54) is 0 Å². The molecule has 0 fully saturated rings. The Morgan fingerprint density at radius 2 is 1.67 bits per heavy atom. The van der Waals surface area contributed by atoms with E-state index in [-0.39, 0.29) is 18.6 Å². The second-order valence-electron chi connectivity index (χ2n) is 6.94. The highest BCUT2D eigenvalue weighted by atomic mass is 16.7. The van der Waals surface area contributed by atoms with Crippen LogP contribution >= 0.6 is 0 Å². The second-order valence-corrected chi connectivity index (χ2v) is 6.94. The van der Waals surface area contributed by atoms with E-state index in [1.807, 2.05) is 37.3 Å². The Kier molecular flexibility index (Phi) is 4.30. The number of ether oxygens (including phenoxy) is 6. The van der Waals surface area contributed by atoms with Crippen LogP contribution in [0.5, 0.6) is 28.7 Å². The molecule has 0 saturated heterocycles. The summed E-state index contributed by atoms with van der Waals surface area (Å²) in [6.07, 6.45) is 0. The fourth-order valence-electron chi connectivity index (χ4n) is 3.89. The first kappa shape index (κ1) is 17.8. The minimum Gasteiger partial charge on any atom is -0.497 e. The molecule has 27 heavy (non-hydrogen) atoms. The van der Waals surface area contributed by atoms with Gasteiger partial charge < -0.3 is 28.4 Å². The molecule has 0 bridgehead atoms. The van der Waals surface area contributed by atoms with Crippen molar-refractivity contribution in [2.75, 3.05) is 28.1 Å². The summed E-state index contributed by atoms with van der Waals surface area (Å²) < 4.78 is 34.2. The number of fused-ring (bicyclic) bond motifs is 2. The molecule has 2 aliphatic heterocycles. The Hall–Kier alpha value is -2.60. The molecule has 0 aromatic heterocycles. The topological polar surface area (TPSA) is 55.4 Å². The summed E-state index contributed by atoms with van der Waals surface area (Å²) in [6.45, 7) is 4.28. The maximum Gasteiger partial charge on any atom is 0.231 e. The molecule has 3 atom stereocenters. The number of benzene rings is 2. The maximum atomic E-state index is 6.25. The molecular formula is C21H24O6. The molecule has 2 heterocycles. The molecule has 2 aromatic rings. The molecule has 2 aliphatic rings. The zero-order chi connectivity index (χ0) is 19.2. The van der Waals surface area contributed by atoms with Crippen LogP contribution in [0.3, 0.4) is 0 Å². The molecule has 4 rings (SSSR count). The Morgan fingerprint density at radius 3 is 2.33 bits per heavy atom. The highest BCUT2D eigenvalue weighted by Gasteiger charge is 2.47. The van der Waals surface area contributed by atoms with E-state index >= 15 is 0 Å². The van der Waals surface area contributed by atoms with Crippen molar-refractivity contribution in [1.29, 1.82) is 0 Å². The highest BCUT2D eigenvalue weighted by molar-refractivity contribution is 5.58. The van der Waals surface area contributed by atoms with Gasteiger partial charge in [-0.05, 0) is 12.1 Å². The first-order valence-corrected chi connectivity index (χ1v) is 8.90. The fourth-order valence-corrected chi connectivity index (χ4v) is 3.89. The summed E-state index contributed by atoms with van der Waals surface area (Å²) in [5, 5.41) is 0. The van der Waals surface area contributed by atoms with Crippen molar-refractivity contribution in [1.82, 2.24) is 0 Å². The molecule has 0 radical (unpaired) electrons. The molecule has 0 N–H and O–H groups in total. The van der Waals surface area contributed by atoms with Crippen LogP contribution in [-0.2, 0) is 4.74 Å². The van der Waals surface area contributed by atoms with E-state index in [0.717, 1.165) is 34.1 Å². The third-order valence-electron chi connectivity index (χ3n) is 5.66. The Balaban J connectivity index is 1.91. The molecule has 0 saturated carbocycles. The largest absolute Gasteiger partial charge is 0.497 e. The fraction of sp³-hybridized carbons (Fsp3) is 0.429. The predicted octanol–water partition coefficient (Wildman–Crippen LogP) is 3.96. The lowest BCUT2D eigenvalue weighted by atomic mass is 9.75. The molecule has 6 nitrogen and oxygen atoms in total. The Morgan fingerprint density at radius 1 is 0.926 bits per heavy atom. The smallest absolute Gasteiger partial charge is 0.231 e. The lowest BCUT2D eigenvalue weighted by molar-refractivity contribution is -0.194. The van der Waals surface area contributed by atoms with E-state index in [0.29, 0.717) is 5.75 Å². The SMILES string of the molecule is COc1ccc([C@@H]2c3cc4c(cc3O[C@](C)(OC)[C@@H]2C)OCO4)c(OC)c1. The van der Waals surface area contributed by atoms with Gasteiger partial charge in [-0.3, -0.25) is 0 Å². The monoisotopic (exact) mass is 372 g/mol. The van der Waals surface area contributed by atoms with Crippen molar-refractivity contribution < 1.29 is 28.4 Å². The van der Waals surface area contributed by atoms with Crippen molar-refractivity contribution in [3.63, 3.8) is 0 Å². The lowest BCUT2D eigenvalue weighted by Crippen LogP contribution is -2.47. The zero-order valence-corrected chi connectivity index (χ0v) is 16.2. The van der Waals surface area contributed by atoms with Gasteiger partial charge in [0.05, 0.1) is 14.2 Å². The summed E-state index contributed by atoms with van der Waals surface area (Å²) in [5.74, 6) is 2.84. The average molecular weight is 372 g/mol. The van der Waals surface area contributed by atoms with Crippen LogP contribution in [0.4, 0.5) is 0 Å². The van der Waals surface area contributed by atoms with Crippen LogP contribution in [0.25, 0.3) is 0 Å². The van der Waals surface area contributed by atoms with Gasteiger partial charge >= 0.3 is 0 Å². The van der Waals surface area contributed by atoms with Gasteiger partial charge in [-0.2, -0.15) is 0 Å². The third-order valence-corrected chi connectivity index (χ3v) is 5.66. The molecular weight excluding hydrogens is 348 g/mol. The standard InChI is InChI=1S/C21H24O6/c1-12-20(14-7-6-13(22-3)8-16(14)23-4)15-9-18-19(26-11-25-18)10-17(15)27-21(12,2)24-5/h6-10,12,20H,11H2,1-5H3/t12-,20-,21+/m1/s1. The average Bonchev–Trinajstić information content (AvgIpc) is 3.14. The van der Waals surface area contributed by atoms with E-state index in [1.54, 1.807) is 21.3 Å². The first-order valence-electron chi connectivity index (χ1n) is 8.90. The minimum atomic E-state index is -0.795. The van der Waals surface area contributed by atoms with Gasteiger partial charge in [-0.1, -0.05) is 13.0 Å². The number of hydrogen-bond acceptors (Lipinski definition) is 6. The van der Waals surface area contributed by atoms with E-state index in [9.17, 15) is 0 Å². The van der Waals surface area contributed by atoms with Crippen molar-refractivity contribution >= 4 is 0 Å². The van der Waals surface area contributed by atoms with Gasteiger partial charge in [0.1, 0.15) is 17.2 Å². The van der Waals surface area contributed by atoms with Crippen LogP contribution in [0.2, 0.25) is 0 Å². The molecule has 2 aromatic carbocycles. The molecule has 144 valence electrons. The normalized spacial score (nSPS) is 25.5. The van der Waals surface area contributed by atoms with E-state index in [2.05, 4.69) is 6.92 Å². The Labute approximate surface area is 158 Å². The molecule has 0 unspecified atom stereocenters. The van der Waals surface area contributed by atoms with Crippen LogP contribution in [0.15, 0.2) is 30.3 Å². The summed E-state index contributed by atoms with van der Waals surface area (Å²) in [6, 6.07) is 9.75. The second kappa shape index (κ2) is 6.53.